The molecule has 0 radical (unpaired) electrons. The molecule has 4 aromatic heterocycles. The lowest BCUT2D eigenvalue weighted by Gasteiger charge is -1.91. The highest BCUT2D eigenvalue weighted by Gasteiger charge is 2.01. The van der Waals surface area contributed by atoms with Crippen LogP contribution >= 0.6 is 0 Å². The van der Waals surface area contributed by atoms with Gasteiger partial charge >= 0.3 is 0 Å². The van der Waals surface area contributed by atoms with Crippen LogP contribution < -0.4 is 0 Å². The van der Waals surface area contributed by atoms with Crippen molar-refractivity contribution in [2.24, 2.45) is 0 Å². The van der Waals surface area contributed by atoms with Gasteiger partial charge in [0.25, 0.3) is 0 Å². The van der Waals surface area contributed by atoms with Crippen LogP contribution in [0.15, 0.2) is 91.1 Å². The fraction of sp³-hybridized carbons (Fsp3) is 0. The van der Waals surface area contributed by atoms with Crippen LogP contribution in [0.25, 0.3) is 57.3 Å². The Kier molecular flexibility index (Phi) is 5.05. The van der Waals surface area contributed by atoms with Crippen molar-refractivity contribution in [3.63, 3.8) is 0 Å². The number of fused-ring (bicyclic) bond motifs is 9. The Hall–Kier alpha value is -4.77. The molecule has 7 rings (SSSR count). The number of hydrogen-bond donors (Lipinski definition) is 2. The van der Waals surface area contributed by atoms with E-state index in [1.165, 1.54) is 5.39 Å². The monoisotopic (exact) mass is 439 g/mol. The number of H-pyrrole nitrogens is 2. The van der Waals surface area contributed by atoms with E-state index in [2.05, 4.69) is 61.3 Å². The third-order valence-electron chi connectivity index (χ3n) is 5.55. The van der Waals surface area contributed by atoms with E-state index in [9.17, 15) is 0 Å². The van der Waals surface area contributed by atoms with E-state index >= 15 is 0 Å². The second kappa shape index (κ2) is 8.64. The van der Waals surface area contributed by atoms with Crippen LogP contribution in [0.4, 0.5) is 0 Å². The van der Waals surface area contributed by atoms with Crippen molar-refractivity contribution in [3.8, 4) is 0 Å². The smallest absolute Gasteiger partial charge is 0.0701 e. The summed E-state index contributed by atoms with van der Waals surface area (Å²) in [5, 5.41) is 1.20. The zero-order valence-electron chi connectivity index (χ0n) is 18.3. The molecule has 1 aromatic carbocycles. The molecule has 5 nitrogen and oxygen atoms in total. The predicted octanol–water partition coefficient (Wildman–Crippen LogP) is 6.89. The largest absolute Gasteiger partial charge is 0.355 e. The van der Waals surface area contributed by atoms with Gasteiger partial charge in [0.15, 0.2) is 0 Å². The first-order chi connectivity index (χ1) is 16.8. The Morgan fingerprint density at radius 2 is 0.912 bits per heavy atom. The molecule has 2 aliphatic rings. The number of pyridine rings is 1. The van der Waals surface area contributed by atoms with Crippen molar-refractivity contribution < 1.29 is 0 Å². The van der Waals surface area contributed by atoms with E-state index in [1.54, 1.807) is 0 Å². The molecule has 2 aliphatic heterocycles. The van der Waals surface area contributed by atoms with Gasteiger partial charge in [-0.2, -0.15) is 0 Å². The molecule has 0 saturated heterocycles. The molecular formula is C29H21N5. The first-order valence-corrected chi connectivity index (χ1v) is 11.1. The first kappa shape index (κ1) is 19.9. The fourth-order valence-electron chi connectivity index (χ4n) is 3.96. The Labute approximate surface area is 196 Å². The van der Waals surface area contributed by atoms with Crippen LogP contribution in [0.1, 0.15) is 22.8 Å². The van der Waals surface area contributed by atoms with Gasteiger partial charge < -0.3 is 9.97 Å². The van der Waals surface area contributed by atoms with Crippen molar-refractivity contribution in [2.75, 3.05) is 0 Å². The zero-order valence-corrected chi connectivity index (χ0v) is 18.3. The SMILES string of the molecule is C1=Cc2cc3ccc(cc4nc(cc5ccc(cc1n2)[nH]5)C=C4)[nH]3.c1ccc2ncccc2c1. The summed E-state index contributed by atoms with van der Waals surface area (Å²) < 4.78 is 0. The second-order valence-electron chi connectivity index (χ2n) is 8.10. The number of nitrogens with zero attached hydrogens (tertiary/aromatic N) is 3. The van der Waals surface area contributed by atoms with Crippen molar-refractivity contribution >= 4 is 57.3 Å². The van der Waals surface area contributed by atoms with E-state index in [4.69, 9.17) is 0 Å². The topological polar surface area (TPSA) is 70.2 Å². The van der Waals surface area contributed by atoms with Gasteiger partial charge in [-0.3, -0.25) is 4.98 Å². The van der Waals surface area contributed by atoms with Crippen LogP contribution in [0, 0.1) is 0 Å². The minimum Gasteiger partial charge on any atom is -0.355 e. The van der Waals surface area contributed by atoms with E-state index in [0.717, 1.165) is 50.4 Å². The van der Waals surface area contributed by atoms with Crippen LogP contribution in [0.3, 0.4) is 0 Å². The third kappa shape index (κ3) is 4.40. The maximum absolute atomic E-state index is 4.63. The van der Waals surface area contributed by atoms with Crippen LogP contribution in [-0.4, -0.2) is 24.9 Å². The van der Waals surface area contributed by atoms with Crippen LogP contribution in [-0.2, 0) is 0 Å². The molecule has 34 heavy (non-hydrogen) atoms. The summed E-state index contributed by atoms with van der Waals surface area (Å²) in [5.74, 6) is 0. The highest BCUT2D eigenvalue weighted by molar-refractivity contribution is 5.78. The molecule has 0 fully saturated rings. The normalized spacial score (nSPS) is 11.9. The van der Waals surface area contributed by atoms with Crippen LogP contribution in [0.5, 0.6) is 0 Å². The minimum absolute atomic E-state index is 0.939. The van der Waals surface area contributed by atoms with Gasteiger partial charge in [-0.25, -0.2) is 9.97 Å². The first-order valence-electron chi connectivity index (χ1n) is 11.1. The number of aromatic nitrogens is 5. The maximum atomic E-state index is 4.63. The second-order valence-corrected chi connectivity index (χ2v) is 8.10. The molecule has 8 bridgehead atoms. The molecule has 0 aliphatic carbocycles. The lowest BCUT2D eigenvalue weighted by atomic mass is 10.2. The molecule has 0 spiro atoms. The summed E-state index contributed by atoms with van der Waals surface area (Å²) in [6, 6.07) is 28.4. The Balaban J connectivity index is 0.000000182. The summed E-state index contributed by atoms with van der Waals surface area (Å²) in [6.07, 6.45) is 9.90. The van der Waals surface area contributed by atoms with Crippen molar-refractivity contribution in [2.45, 2.75) is 0 Å². The maximum Gasteiger partial charge on any atom is 0.0701 e. The van der Waals surface area contributed by atoms with E-state index in [0.29, 0.717) is 0 Å². The Bertz CT molecular complexity index is 1480. The predicted molar refractivity (Wildman–Crippen MR) is 141 cm³/mol. The van der Waals surface area contributed by atoms with E-state index in [1.807, 2.05) is 79.0 Å². The number of aromatic amines is 2. The summed E-state index contributed by atoms with van der Waals surface area (Å²) in [6.45, 7) is 0. The van der Waals surface area contributed by atoms with Gasteiger partial charge in [-0.15, -0.1) is 0 Å². The molecule has 162 valence electrons. The molecule has 6 heterocycles. The minimum atomic E-state index is 0.939. The molecule has 0 saturated carbocycles. The fourth-order valence-corrected chi connectivity index (χ4v) is 3.96. The van der Waals surface area contributed by atoms with Gasteiger partial charge in [-0.1, -0.05) is 24.3 Å². The number of rotatable bonds is 0. The van der Waals surface area contributed by atoms with E-state index < -0.39 is 0 Å². The third-order valence-corrected chi connectivity index (χ3v) is 5.55. The number of hydrogen-bond acceptors (Lipinski definition) is 3. The highest BCUT2D eigenvalue weighted by Crippen LogP contribution is 2.17. The molecule has 0 atom stereocenters. The van der Waals surface area contributed by atoms with Crippen LogP contribution in [0.2, 0.25) is 0 Å². The summed E-state index contributed by atoms with van der Waals surface area (Å²) in [5.41, 5.74) is 8.92. The average molecular weight is 440 g/mol. The molecule has 2 N–H and O–H groups in total. The van der Waals surface area contributed by atoms with Gasteiger partial charge in [-0.05, 0) is 85.0 Å². The summed E-state index contributed by atoms with van der Waals surface area (Å²) in [7, 11) is 0. The molecule has 0 amide bonds. The van der Waals surface area contributed by atoms with Crippen molar-refractivity contribution in [3.05, 3.63) is 114 Å². The lowest BCUT2D eigenvalue weighted by molar-refractivity contribution is 1.31. The molecular weight excluding hydrogens is 418 g/mol. The lowest BCUT2D eigenvalue weighted by Crippen LogP contribution is -1.75. The number of benzene rings is 1. The van der Waals surface area contributed by atoms with Gasteiger partial charge in [0.05, 0.1) is 28.3 Å². The molecule has 5 heteroatoms. The van der Waals surface area contributed by atoms with Gasteiger partial charge in [0.2, 0.25) is 0 Å². The zero-order chi connectivity index (χ0) is 22.7. The van der Waals surface area contributed by atoms with Crippen molar-refractivity contribution in [1.29, 1.82) is 0 Å². The standard InChI is InChI=1S/C20H14N4.C9H7N/c1-2-14-10-16-5-6-18(23-16)12-20-8-7-19(24-20)11-17-4-3-15(22-17)9-13(1)21-14;1-2-6-9-8(4-1)5-3-7-10-9/h1-12,21,24H;1-7H. The highest BCUT2D eigenvalue weighted by atomic mass is 14.8. The summed E-state index contributed by atoms with van der Waals surface area (Å²) in [4.78, 5) is 20.2. The Morgan fingerprint density at radius 1 is 0.471 bits per heavy atom. The van der Waals surface area contributed by atoms with Crippen molar-refractivity contribution in [1.82, 2.24) is 24.9 Å². The molecule has 5 aromatic rings. The number of para-hydroxylation sites is 1. The van der Waals surface area contributed by atoms with Gasteiger partial charge in [0.1, 0.15) is 0 Å². The number of nitrogens with one attached hydrogen (secondary N) is 2. The van der Waals surface area contributed by atoms with E-state index in [-0.39, 0.29) is 0 Å². The Morgan fingerprint density at radius 3 is 1.38 bits per heavy atom. The average Bonchev–Trinajstić information content (AvgIpc) is 3.66. The quantitative estimate of drug-likeness (QED) is 0.270. The molecule has 0 unspecified atom stereocenters. The summed E-state index contributed by atoms with van der Waals surface area (Å²) >= 11 is 0. The van der Waals surface area contributed by atoms with Gasteiger partial charge in [0, 0.05) is 33.6 Å².